The van der Waals surface area contributed by atoms with Crippen LogP contribution in [-0.2, 0) is 13.1 Å². The van der Waals surface area contributed by atoms with Gasteiger partial charge in [0, 0.05) is 31.9 Å². The highest BCUT2D eigenvalue weighted by Crippen LogP contribution is 2.17. The van der Waals surface area contributed by atoms with E-state index in [2.05, 4.69) is 46.2 Å². The molecule has 1 atom stereocenters. The van der Waals surface area contributed by atoms with E-state index in [1.807, 2.05) is 13.2 Å². The van der Waals surface area contributed by atoms with Gasteiger partial charge in [0.2, 0.25) is 0 Å². The molecular formula is C16H28N4. The fourth-order valence-corrected chi connectivity index (χ4v) is 3.08. The standard InChI is InChI=1S/C16H28N4/c1-4-20-9-5-6-16(20)13-19(3)12-15-8-7-14(10-17-2)11-18-15/h7-8,11,16-17H,4-6,9-10,12-13H2,1-3H3. The third-order valence-electron chi connectivity index (χ3n) is 4.13. The summed E-state index contributed by atoms with van der Waals surface area (Å²) in [6, 6.07) is 5.05. The van der Waals surface area contributed by atoms with Crippen molar-refractivity contribution >= 4 is 0 Å². The van der Waals surface area contributed by atoms with E-state index in [1.165, 1.54) is 31.5 Å². The zero-order valence-electron chi connectivity index (χ0n) is 13.1. The topological polar surface area (TPSA) is 31.4 Å². The highest BCUT2D eigenvalue weighted by molar-refractivity contribution is 5.13. The molecule has 2 heterocycles. The predicted molar refractivity (Wildman–Crippen MR) is 83.6 cm³/mol. The minimum absolute atomic E-state index is 0.730. The van der Waals surface area contributed by atoms with E-state index in [0.29, 0.717) is 0 Å². The van der Waals surface area contributed by atoms with Gasteiger partial charge in [-0.3, -0.25) is 14.8 Å². The van der Waals surface area contributed by atoms with Gasteiger partial charge in [-0.05, 0) is 51.7 Å². The Morgan fingerprint density at radius 3 is 2.95 bits per heavy atom. The molecule has 0 saturated carbocycles. The van der Waals surface area contributed by atoms with Crippen LogP contribution in [-0.4, -0.2) is 54.6 Å². The van der Waals surface area contributed by atoms with Gasteiger partial charge < -0.3 is 5.32 Å². The fraction of sp³-hybridized carbons (Fsp3) is 0.688. The average molecular weight is 276 g/mol. The Hall–Kier alpha value is -0.970. The lowest BCUT2D eigenvalue weighted by molar-refractivity contribution is 0.194. The zero-order valence-corrected chi connectivity index (χ0v) is 13.1. The van der Waals surface area contributed by atoms with Gasteiger partial charge in [0.25, 0.3) is 0 Å². The van der Waals surface area contributed by atoms with Crippen LogP contribution in [0, 0.1) is 0 Å². The van der Waals surface area contributed by atoms with Gasteiger partial charge >= 0.3 is 0 Å². The smallest absolute Gasteiger partial charge is 0.0544 e. The summed E-state index contributed by atoms with van der Waals surface area (Å²) in [5.74, 6) is 0. The molecule has 1 aliphatic heterocycles. The molecule has 1 fully saturated rings. The molecule has 0 bridgehead atoms. The first-order valence-electron chi connectivity index (χ1n) is 7.74. The molecule has 0 radical (unpaired) electrons. The maximum atomic E-state index is 4.56. The molecule has 0 aromatic carbocycles. The number of nitrogens with zero attached hydrogens (tertiary/aromatic N) is 3. The van der Waals surface area contributed by atoms with E-state index in [1.54, 1.807) is 0 Å². The van der Waals surface area contributed by atoms with E-state index in [4.69, 9.17) is 0 Å². The first-order valence-corrected chi connectivity index (χ1v) is 7.74. The van der Waals surface area contributed by atoms with Gasteiger partial charge in [0.15, 0.2) is 0 Å². The summed E-state index contributed by atoms with van der Waals surface area (Å²) in [5.41, 5.74) is 2.40. The highest BCUT2D eigenvalue weighted by Gasteiger charge is 2.23. The third kappa shape index (κ3) is 4.27. The van der Waals surface area contributed by atoms with E-state index in [0.717, 1.165) is 31.4 Å². The molecule has 20 heavy (non-hydrogen) atoms. The van der Waals surface area contributed by atoms with Crippen LogP contribution in [0.3, 0.4) is 0 Å². The lowest BCUT2D eigenvalue weighted by Gasteiger charge is -2.27. The van der Waals surface area contributed by atoms with Crippen LogP contribution in [0.4, 0.5) is 0 Å². The summed E-state index contributed by atoms with van der Waals surface area (Å²) in [5, 5.41) is 3.15. The Balaban J connectivity index is 1.83. The van der Waals surface area contributed by atoms with Crippen LogP contribution in [0.1, 0.15) is 31.0 Å². The largest absolute Gasteiger partial charge is 0.316 e. The molecule has 1 aliphatic rings. The Morgan fingerprint density at radius 2 is 2.30 bits per heavy atom. The van der Waals surface area contributed by atoms with Crippen molar-refractivity contribution < 1.29 is 0 Å². The molecule has 0 amide bonds. The number of pyridine rings is 1. The Labute approximate surface area is 123 Å². The van der Waals surface area contributed by atoms with E-state index in [-0.39, 0.29) is 0 Å². The van der Waals surface area contributed by atoms with Crippen molar-refractivity contribution in [2.24, 2.45) is 0 Å². The summed E-state index contributed by atoms with van der Waals surface area (Å²) in [4.78, 5) is 9.55. The summed E-state index contributed by atoms with van der Waals surface area (Å²) >= 11 is 0. The fourth-order valence-electron chi connectivity index (χ4n) is 3.08. The van der Waals surface area contributed by atoms with Crippen molar-refractivity contribution in [2.75, 3.05) is 33.7 Å². The molecule has 2 rings (SSSR count). The van der Waals surface area contributed by atoms with Crippen molar-refractivity contribution in [3.05, 3.63) is 29.6 Å². The second kappa shape index (κ2) is 7.72. The van der Waals surface area contributed by atoms with Crippen LogP contribution in [0.2, 0.25) is 0 Å². The predicted octanol–water partition coefficient (Wildman–Crippen LogP) is 1.72. The minimum Gasteiger partial charge on any atom is -0.316 e. The number of hydrogen-bond acceptors (Lipinski definition) is 4. The number of nitrogens with one attached hydrogen (secondary N) is 1. The van der Waals surface area contributed by atoms with Crippen molar-refractivity contribution in [1.29, 1.82) is 0 Å². The van der Waals surface area contributed by atoms with E-state index < -0.39 is 0 Å². The Kier molecular flexibility index (Phi) is 5.95. The Morgan fingerprint density at radius 1 is 1.45 bits per heavy atom. The van der Waals surface area contributed by atoms with Crippen LogP contribution >= 0.6 is 0 Å². The number of aromatic nitrogens is 1. The maximum absolute atomic E-state index is 4.56. The second-order valence-corrected chi connectivity index (χ2v) is 5.81. The molecule has 0 spiro atoms. The molecule has 1 aromatic heterocycles. The molecule has 0 aliphatic carbocycles. The number of rotatable bonds is 7. The molecule has 4 heteroatoms. The minimum atomic E-state index is 0.730. The summed E-state index contributed by atoms with van der Waals surface area (Å²) < 4.78 is 0. The van der Waals surface area contributed by atoms with Crippen molar-refractivity contribution in [1.82, 2.24) is 20.1 Å². The number of likely N-dealkylation sites (N-methyl/N-ethyl adjacent to an activating group) is 2. The molecule has 1 unspecified atom stereocenters. The third-order valence-corrected chi connectivity index (χ3v) is 4.13. The van der Waals surface area contributed by atoms with Gasteiger partial charge in [0.05, 0.1) is 5.69 Å². The molecule has 112 valence electrons. The number of hydrogen-bond donors (Lipinski definition) is 1. The SMILES string of the molecule is CCN1CCCC1CN(C)Cc1ccc(CNC)cn1. The molecular weight excluding hydrogens is 248 g/mol. The van der Waals surface area contributed by atoms with E-state index in [9.17, 15) is 0 Å². The summed E-state index contributed by atoms with van der Waals surface area (Å²) in [7, 11) is 4.16. The molecule has 1 saturated heterocycles. The quantitative estimate of drug-likeness (QED) is 0.821. The monoisotopic (exact) mass is 276 g/mol. The van der Waals surface area contributed by atoms with Crippen LogP contribution in [0.25, 0.3) is 0 Å². The van der Waals surface area contributed by atoms with Crippen LogP contribution in [0.5, 0.6) is 0 Å². The lowest BCUT2D eigenvalue weighted by Crippen LogP contribution is -2.38. The molecule has 1 aromatic rings. The van der Waals surface area contributed by atoms with Gasteiger partial charge in [0.1, 0.15) is 0 Å². The average Bonchev–Trinajstić information content (AvgIpc) is 2.88. The first kappa shape index (κ1) is 15.4. The van der Waals surface area contributed by atoms with Crippen LogP contribution < -0.4 is 5.32 Å². The zero-order chi connectivity index (χ0) is 14.4. The molecule has 4 nitrogen and oxygen atoms in total. The lowest BCUT2D eigenvalue weighted by atomic mass is 10.2. The van der Waals surface area contributed by atoms with Crippen molar-refractivity contribution in [3.8, 4) is 0 Å². The van der Waals surface area contributed by atoms with Crippen LogP contribution in [0.15, 0.2) is 18.3 Å². The highest BCUT2D eigenvalue weighted by atomic mass is 15.2. The second-order valence-electron chi connectivity index (χ2n) is 5.81. The van der Waals surface area contributed by atoms with Crippen molar-refractivity contribution in [3.63, 3.8) is 0 Å². The number of likely N-dealkylation sites (tertiary alicyclic amines) is 1. The van der Waals surface area contributed by atoms with E-state index >= 15 is 0 Å². The normalized spacial score (nSPS) is 19.9. The Bertz CT molecular complexity index is 390. The van der Waals surface area contributed by atoms with Crippen molar-refractivity contribution in [2.45, 2.75) is 38.9 Å². The van der Waals surface area contributed by atoms with Gasteiger partial charge in [-0.25, -0.2) is 0 Å². The maximum Gasteiger partial charge on any atom is 0.0544 e. The van der Waals surface area contributed by atoms with Gasteiger partial charge in [-0.15, -0.1) is 0 Å². The first-order chi connectivity index (χ1) is 9.72. The van der Waals surface area contributed by atoms with Gasteiger partial charge in [-0.1, -0.05) is 13.0 Å². The summed E-state index contributed by atoms with van der Waals surface area (Å²) in [6.45, 7) is 7.68. The van der Waals surface area contributed by atoms with Gasteiger partial charge in [-0.2, -0.15) is 0 Å². The molecule has 1 N–H and O–H groups in total. The summed E-state index contributed by atoms with van der Waals surface area (Å²) in [6.07, 6.45) is 4.67.